The zero-order valence-electron chi connectivity index (χ0n) is 16.7. The van der Waals surface area contributed by atoms with Gasteiger partial charge in [-0.25, -0.2) is 4.79 Å². The highest BCUT2D eigenvalue weighted by Crippen LogP contribution is 2.17. The average Bonchev–Trinajstić information content (AvgIpc) is 2.83. The zero-order valence-corrected chi connectivity index (χ0v) is 16.7. The Kier molecular flexibility index (Phi) is 7.28. The van der Waals surface area contributed by atoms with E-state index in [4.69, 9.17) is 10.00 Å². The molecule has 0 spiro atoms. The molecule has 0 aliphatic rings. The first-order valence-corrected chi connectivity index (χ1v) is 9.70. The standard InChI is InChI=1S/C25H20N2O4/c26-16-9-17-27(20-12-5-2-6-13-20)23(28)18-31-25(30)22-15-8-7-14-21(22)24(29)19-10-3-1-4-11-19/h1-8,10-15H,9,17-18H2. The van der Waals surface area contributed by atoms with E-state index in [1.165, 1.54) is 11.0 Å². The van der Waals surface area contributed by atoms with Crippen LogP contribution in [0.2, 0.25) is 0 Å². The molecule has 0 unspecified atom stereocenters. The molecule has 3 aromatic rings. The van der Waals surface area contributed by atoms with Gasteiger partial charge in [-0.2, -0.15) is 5.26 Å². The second-order valence-electron chi connectivity index (χ2n) is 6.61. The van der Waals surface area contributed by atoms with Crippen molar-refractivity contribution in [3.05, 3.63) is 102 Å². The smallest absolute Gasteiger partial charge is 0.339 e. The van der Waals surface area contributed by atoms with Crippen molar-refractivity contribution < 1.29 is 19.1 Å². The Morgan fingerprint density at radius 2 is 1.39 bits per heavy atom. The van der Waals surface area contributed by atoms with Gasteiger partial charge in [0.05, 0.1) is 18.1 Å². The van der Waals surface area contributed by atoms with Gasteiger partial charge < -0.3 is 9.64 Å². The molecule has 0 saturated heterocycles. The van der Waals surface area contributed by atoms with Gasteiger partial charge in [0.15, 0.2) is 12.4 Å². The monoisotopic (exact) mass is 412 g/mol. The molecule has 0 aliphatic carbocycles. The fraction of sp³-hybridized carbons (Fsp3) is 0.120. The lowest BCUT2D eigenvalue weighted by Gasteiger charge is -2.21. The highest BCUT2D eigenvalue weighted by molar-refractivity contribution is 6.14. The van der Waals surface area contributed by atoms with Gasteiger partial charge in [0.25, 0.3) is 5.91 Å². The number of para-hydroxylation sites is 1. The minimum Gasteiger partial charge on any atom is -0.452 e. The van der Waals surface area contributed by atoms with Crippen molar-refractivity contribution in [2.75, 3.05) is 18.1 Å². The summed E-state index contributed by atoms with van der Waals surface area (Å²) in [6.45, 7) is -0.326. The van der Waals surface area contributed by atoms with Crippen LogP contribution in [0.1, 0.15) is 32.7 Å². The van der Waals surface area contributed by atoms with Crippen LogP contribution in [0.3, 0.4) is 0 Å². The average molecular weight is 412 g/mol. The van der Waals surface area contributed by atoms with E-state index >= 15 is 0 Å². The van der Waals surface area contributed by atoms with Crippen LogP contribution in [0, 0.1) is 11.3 Å². The van der Waals surface area contributed by atoms with E-state index in [1.807, 2.05) is 12.1 Å². The topological polar surface area (TPSA) is 87.5 Å². The molecule has 0 aromatic heterocycles. The minimum atomic E-state index is -0.762. The summed E-state index contributed by atoms with van der Waals surface area (Å²) in [5, 5.41) is 8.88. The molecule has 6 heteroatoms. The molecule has 0 radical (unpaired) electrons. The van der Waals surface area contributed by atoms with E-state index in [0.29, 0.717) is 11.3 Å². The number of hydrogen-bond donors (Lipinski definition) is 0. The molecule has 154 valence electrons. The Morgan fingerprint density at radius 3 is 2.03 bits per heavy atom. The summed E-state index contributed by atoms with van der Waals surface area (Å²) >= 11 is 0. The summed E-state index contributed by atoms with van der Waals surface area (Å²) in [5.74, 6) is -1.53. The van der Waals surface area contributed by atoms with Crippen LogP contribution in [0.25, 0.3) is 0 Å². The maximum Gasteiger partial charge on any atom is 0.339 e. The Bertz CT molecular complexity index is 1110. The van der Waals surface area contributed by atoms with Crippen LogP contribution < -0.4 is 4.90 Å². The maximum absolute atomic E-state index is 12.8. The van der Waals surface area contributed by atoms with Crippen molar-refractivity contribution in [3.8, 4) is 6.07 Å². The van der Waals surface area contributed by atoms with Crippen molar-refractivity contribution in [1.82, 2.24) is 0 Å². The normalized spacial score (nSPS) is 10.0. The number of rotatable bonds is 8. The van der Waals surface area contributed by atoms with Crippen molar-refractivity contribution >= 4 is 23.3 Å². The Labute approximate surface area is 180 Å². The van der Waals surface area contributed by atoms with Crippen LogP contribution in [-0.4, -0.2) is 30.8 Å². The van der Waals surface area contributed by atoms with Gasteiger partial charge >= 0.3 is 5.97 Å². The molecule has 0 fully saturated rings. The lowest BCUT2D eigenvalue weighted by Crippen LogP contribution is -2.35. The minimum absolute atomic E-state index is 0.0902. The third-order valence-electron chi connectivity index (χ3n) is 4.57. The molecule has 3 aromatic carbocycles. The van der Waals surface area contributed by atoms with Gasteiger partial charge in [-0.15, -0.1) is 0 Å². The highest BCUT2D eigenvalue weighted by atomic mass is 16.5. The van der Waals surface area contributed by atoms with Crippen molar-refractivity contribution in [2.24, 2.45) is 0 Å². The Hall–Kier alpha value is -4.24. The molecule has 0 saturated carbocycles. The number of nitriles is 1. The van der Waals surface area contributed by atoms with E-state index in [9.17, 15) is 14.4 Å². The number of esters is 1. The predicted molar refractivity (Wildman–Crippen MR) is 116 cm³/mol. The van der Waals surface area contributed by atoms with Gasteiger partial charge in [-0.05, 0) is 18.2 Å². The first-order valence-electron chi connectivity index (χ1n) is 9.70. The summed E-state index contributed by atoms with van der Waals surface area (Å²) in [7, 11) is 0. The largest absolute Gasteiger partial charge is 0.452 e. The van der Waals surface area contributed by atoms with Crippen LogP contribution >= 0.6 is 0 Å². The summed E-state index contributed by atoms with van der Waals surface area (Å²) in [4.78, 5) is 39.6. The van der Waals surface area contributed by atoms with Crippen LogP contribution in [0.4, 0.5) is 5.69 Å². The van der Waals surface area contributed by atoms with Gasteiger partial charge in [0.2, 0.25) is 0 Å². The molecule has 0 aliphatic heterocycles. The Morgan fingerprint density at radius 1 is 0.806 bits per heavy atom. The summed E-state index contributed by atoms with van der Waals surface area (Å²) in [6, 6.07) is 25.8. The molecule has 3 rings (SSSR count). The predicted octanol–water partition coefficient (Wildman–Crippen LogP) is 4.02. The molecular formula is C25H20N2O4. The number of anilines is 1. The van der Waals surface area contributed by atoms with Crippen molar-refractivity contribution in [3.63, 3.8) is 0 Å². The number of hydrogen-bond acceptors (Lipinski definition) is 5. The molecule has 6 nitrogen and oxygen atoms in total. The second kappa shape index (κ2) is 10.5. The fourth-order valence-electron chi connectivity index (χ4n) is 3.05. The lowest BCUT2D eigenvalue weighted by molar-refractivity contribution is -0.121. The van der Waals surface area contributed by atoms with Crippen LogP contribution in [0.15, 0.2) is 84.9 Å². The summed E-state index contributed by atoms with van der Waals surface area (Å²) in [5.41, 5.74) is 1.35. The van der Waals surface area contributed by atoms with Crippen molar-refractivity contribution in [2.45, 2.75) is 6.42 Å². The van der Waals surface area contributed by atoms with Gasteiger partial charge in [0, 0.05) is 23.4 Å². The molecule has 31 heavy (non-hydrogen) atoms. The lowest BCUT2D eigenvalue weighted by atomic mass is 9.98. The number of carbonyl (C=O) groups excluding carboxylic acids is 3. The van der Waals surface area contributed by atoms with Crippen molar-refractivity contribution in [1.29, 1.82) is 5.26 Å². The zero-order chi connectivity index (χ0) is 22.1. The van der Waals surface area contributed by atoms with Crippen LogP contribution in [0.5, 0.6) is 0 Å². The number of carbonyl (C=O) groups is 3. The first kappa shape index (κ1) is 21.5. The van der Waals surface area contributed by atoms with E-state index in [0.717, 1.165) is 0 Å². The Balaban J connectivity index is 1.74. The molecule has 0 N–H and O–H groups in total. The van der Waals surface area contributed by atoms with Crippen LogP contribution in [-0.2, 0) is 9.53 Å². The molecule has 0 atom stereocenters. The third-order valence-corrected chi connectivity index (χ3v) is 4.57. The SMILES string of the molecule is N#CCCN(C(=O)COC(=O)c1ccccc1C(=O)c1ccccc1)c1ccccc1. The van der Waals surface area contributed by atoms with Gasteiger partial charge in [0.1, 0.15) is 0 Å². The van der Waals surface area contributed by atoms with Gasteiger partial charge in [-0.3, -0.25) is 9.59 Å². The highest BCUT2D eigenvalue weighted by Gasteiger charge is 2.22. The second-order valence-corrected chi connectivity index (χ2v) is 6.61. The molecule has 0 bridgehead atoms. The number of amides is 1. The molecular weight excluding hydrogens is 392 g/mol. The molecule has 1 amide bonds. The number of ketones is 1. The summed E-state index contributed by atoms with van der Waals surface area (Å²) < 4.78 is 5.23. The summed E-state index contributed by atoms with van der Waals surface area (Å²) in [6.07, 6.45) is 0.142. The van der Waals surface area contributed by atoms with Gasteiger partial charge in [-0.1, -0.05) is 66.7 Å². The first-order chi connectivity index (χ1) is 15.1. The van der Waals surface area contributed by atoms with E-state index in [-0.39, 0.29) is 29.9 Å². The maximum atomic E-state index is 12.8. The third kappa shape index (κ3) is 5.43. The van der Waals surface area contributed by atoms with E-state index < -0.39 is 18.5 Å². The number of benzene rings is 3. The van der Waals surface area contributed by atoms with E-state index in [2.05, 4.69) is 0 Å². The molecule has 0 heterocycles. The number of nitrogens with zero attached hydrogens (tertiary/aromatic N) is 2. The number of ether oxygens (including phenoxy) is 1. The van der Waals surface area contributed by atoms with E-state index in [1.54, 1.807) is 72.8 Å². The fourth-order valence-corrected chi connectivity index (χ4v) is 3.05. The quantitative estimate of drug-likeness (QED) is 0.412.